The molecule has 15 heavy (non-hydrogen) atoms. The largest absolute Gasteiger partial charge is 0.0849 e. The van der Waals surface area contributed by atoms with Crippen LogP contribution in [0.25, 0.3) is 0 Å². The molecule has 3 unspecified atom stereocenters. The second-order valence-electron chi connectivity index (χ2n) is 6.63. The van der Waals surface area contributed by atoms with Crippen LogP contribution in [0.5, 0.6) is 0 Å². The van der Waals surface area contributed by atoms with Gasteiger partial charge in [0, 0.05) is 0 Å². The molecule has 0 bridgehead atoms. The molecule has 6 atom stereocenters. The van der Waals surface area contributed by atoms with E-state index in [9.17, 15) is 0 Å². The molecule has 0 spiro atoms. The Hall–Kier alpha value is -0.260. The van der Waals surface area contributed by atoms with Gasteiger partial charge in [-0.3, -0.25) is 0 Å². The molecule has 1 saturated carbocycles. The predicted molar refractivity (Wildman–Crippen MR) is 66.6 cm³/mol. The summed E-state index contributed by atoms with van der Waals surface area (Å²) in [5.74, 6) is 4.36. The molecule has 0 heterocycles. The average Bonchev–Trinajstić information content (AvgIpc) is 2.10. The molecule has 2 rings (SSSR count). The van der Waals surface area contributed by atoms with E-state index in [1.807, 2.05) is 0 Å². The molecule has 0 aliphatic heterocycles. The molecule has 0 heteroatoms. The summed E-state index contributed by atoms with van der Waals surface area (Å²) in [4.78, 5) is 0. The summed E-state index contributed by atoms with van der Waals surface area (Å²) in [6.07, 6.45) is 7.83. The summed E-state index contributed by atoms with van der Waals surface area (Å²) in [6, 6.07) is 0. The van der Waals surface area contributed by atoms with Crippen LogP contribution in [0.3, 0.4) is 0 Å². The first-order valence-corrected chi connectivity index (χ1v) is 6.63. The predicted octanol–water partition coefficient (Wildman–Crippen LogP) is 4.52. The van der Waals surface area contributed by atoms with Gasteiger partial charge in [-0.1, -0.05) is 46.8 Å². The van der Waals surface area contributed by atoms with Gasteiger partial charge in [0.25, 0.3) is 0 Å². The first-order valence-electron chi connectivity index (χ1n) is 6.63. The molecule has 2 aliphatic rings. The molecule has 0 aromatic rings. The fourth-order valence-corrected chi connectivity index (χ4v) is 4.57. The number of hydrogen-bond donors (Lipinski definition) is 0. The van der Waals surface area contributed by atoms with Gasteiger partial charge in [-0.2, -0.15) is 0 Å². The van der Waals surface area contributed by atoms with Crippen LogP contribution in [0, 0.1) is 35.0 Å². The van der Waals surface area contributed by atoms with Crippen LogP contribution < -0.4 is 0 Å². The topological polar surface area (TPSA) is 0 Å². The summed E-state index contributed by atoms with van der Waals surface area (Å²) in [6.45, 7) is 12.2. The van der Waals surface area contributed by atoms with Crippen LogP contribution >= 0.6 is 0 Å². The second-order valence-corrected chi connectivity index (χ2v) is 6.63. The lowest BCUT2D eigenvalue weighted by atomic mass is 9.53. The van der Waals surface area contributed by atoms with Crippen LogP contribution in [0.1, 0.15) is 47.5 Å². The first-order chi connectivity index (χ1) is 6.94. The SMILES string of the molecule is CC1CC(C)[C@@H]2[C@@H](C)[C@@H](C)C=CC2(C)C1. The first kappa shape index (κ1) is 11.2. The molecule has 0 N–H and O–H groups in total. The van der Waals surface area contributed by atoms with Crippen LogP contribution in [-0.2, 0) is 0 Å². The number of fused-ring (bicyclic) bond motifs is 1. The lowest BCUT2D eigenvalue weighted by molar-refractivity contribution is 0.0127. The molecule has 1 fully saturated rings. The summed E-state index contributed by atoms with van der Waals surface area (Å²) >= 11 is 0. The highest BCUT2D eigenvalue weighted by molar-refractivity contribution is 5.12. The maximum Gasteiger partial charge on any atom is -0.0110 e. The van der Waals surface area contributed by atoms with Gasteiger partial charge in [-0.05, 0) is 47.8 Å². The number of allylic oxidation sites excluding steroid dienone is 2. The summed E-state index contributed by atoms with van der Waals surface area (Å²) in [5, 5.41) is 0. The van der Waals surface area contributed by atoms with Crippen LogP contribution in [0.15, 0.2) is 12.2 Å². The van der Waals surface area contributed by atoms with Crippen molar-refractivity contribution >= 4 is 0 Å². The van der Waals surface area contributed by atoms with E-state index >= 15 is 0 Å². The van der Waals surface area contributed by atoms with Crippen molar-refractivity contribution in [3.05, 3.63) is 12.2 Å². The Labute approximate surface area is 95.1 Å². The fourth-order valence-electron chi connectivity index (χ4n) is 4.57. The van der Waals surface area contributed by atoms with Crippen molar-refractivity contribution in [2.24, 2.45) is 35.0 Å². The van der Waals surface area contributed by atoms with E-state index in [2.05, 4.69) is 46.8 Å². The minimum Gasteiger partial charge on any atom is -0.0849 e. The molecule has 0 saturated heterocycles. The van der Waals surface area contributed by atoms with Crippen LogP contribution in [-0.4, -0.2) is 0 Å². The summed E-state index contributed by atoms with van der Waals surface area (Å²) in [7, 11) is 0. The zero-order valence-electron chi connectivity index (χ0n) is 11.0. The zero-order chi connectivity index (χ0) is 11.2. The molecule has 0 amide bonds. The van der Waals surface area contributed by atoms with E-state index in [0.29, 0.717) is 5.41 Å². The van der Waals surface area contributed by atoms with Crippen LogP contribution in [0.2, 0.25) is 0 Å². The lowest BCUT2D eigenvalue weighted by Gasteiger charge is -2.52. The molecule has 0 aromatic heterocycles. The van der Waals surface area contributed by atoms with Crippen molar-refractivity contribution in [2.75, 3.05) is 0 Å². The molecule has 0 nitrogen and oxygen atoms in total. The third kappa shape index (κ3) is 1.77. The second kappa shape index (κ2) is 3.64. The van der Waals surface area contributed by atoms with E-state index in [0.717, 1.165) is 29.6 Å². The maximum atomic E-state index is 2.54. The highest BCUT2D eigenvalue weighted by atomic mass is 14.5. The zero-order valence-corrected chi connectivity index (χ0v) is 11.0. The van der Waals surface area contributed by atoms with Gasteiger partial charge in [0.2, 0.25) is 0 Å². The van der Waals surface area contributed by atoms with Gasteiger partial charge in [0.05, 0.1) is 0 Å². The smallest absolute Gasteiger partial charge is 0.0110 e. The highest BCUT2D eigenvalue weighted by Crippen LogP contribution is 2.54. The summed E-state index contributed by atoms with van der Waals surface area (Å²) in [5.41, 5.74) is 0.489. The van der Waals surface area contributed by atoms with E-state index in [1.54, 1.807) is 0 Å². The Morgan fingerprint density at radius 3 is 2.47 bits per heavy atom. The Kier molecular flexibility index (Phi) is 2.73. The van der Waals surface area contributed by atoms with E-state index in [-0.39, 0.29) is 0 Å². The molecule has 0 aromatic carbocycles. The van der Waals surface area contributed by atoms with Gasteiger partial charge in [-0.25, -0.2) is 0 Å². The van der Waals surface area contributed by atoms with Gasteiger partial charge < -0.3 is 0 Å². The van der Waals surface area contributed by atoms with Crippen molar-refractivity contribution in [1.82, 2.24) is 0 Å². The average molecular weight is 206 g/mol. The van der Waals surface area contributed by atoms with Crippen molar-refractivity contribution in [3.63, 3.8) is 0 Å². The molecular formula is C15H26. The van der Waals surface area contributed by atoms with Gasteiger partial charge >= 0.3 is 0 Å². The standard InChI is InChI=1S/C15H26/c1-10-8-12(3)14-13(4)11(2)6-7-15(14,5)9-10/h6-7,10-14H,8-9H2,1-5H3/t10?,11-,12?,13-,14+,15?/m0/s1. The Bertz CT molecular complexity index is 265. The van der Waals surface area contributed by atoms with E-state index < -0.39 is 0 Å². The third-order valence-electron chi connectivity index (χ3n) is 5.11. The third-order valence-corrected chi connectivity index (χ3v) is 5.11. The normalized spacial score (nSPS) is 55.1. The van der Waals surface area contributed by atoms with Crippen molar-refractivity contribution in [2.45, 2.75) is 47.5 Å². The van der Waals surface area contributed by atoms with Crippen molar-refractivity contribution in [3.8, 4) is 0 Å². The van der Waals surface area contributed by atoms with E-state index in [4.69, 9.17) is 0 Å². The minimum atomic E-state index is 0.489. The maximum absolute atomic E-state index is 2.54. The van der Waals surface area contributed by atoms with Crippen molar-refractivity contribution < 1.29 is 0 Å². The lowest BCUT2D eigenvalue weighted by Crippen LogP contribution is -2.45. The van der Waals surface area contributed by atoms with Crippen molar-refractivity contribution in [1.29, 1.82) is 0 Å². The summed E-state index contributed by atoms with van der Waals surface area (Å²) < 4.78 is 0. The fraction of sp³-hybridized carbons (Fsp3) is 0.867. The quantitative estimate of drug-likeness (QED) is 0.511. The van der Waals surface area contributed by atoms with E-state index in [1.165, 1.54) is 12.8 Å². The number of hydrogen-bond acceptors (Lipinski definition) is 0. The number of rotatable bonds is 0. The highest BCUT2D eigenvalue weighted by Gasteiger charge is 2.46. The minimum absolute atomic E-state index is 0.489. The molecule has 0 radical (unpaired) electrons. The van der Waals surface area contributed by atoms with Gasteiger partial charge in [0.15, 0.2) is 0 Å². The van der Waals surface area contributed by atoms with Gasteiger partial charge in [-0.15, -0.1) is 0 Å². The monoisotopic (exact) mass is 206 g/mol. The Morgan fingerprint density at radius 1 is 1.13 bits per heavy atom. The molecular weight excluding hydrogens is 180 g/mol. The van der Waals surface area contributed by atoms with Gasteiger partial charge in [0.1, 0.15) is 0 Å². The van der Waals surface area contributed by atoms with Crippen LogP contribution in [0.4, 0.5) is 0 Å². The Balaban J connectivity index is 2.32. The Morgan fingerprint density at radius 2 is 1.80 bits per heavy atom. The molecule has 86 valence electrons. The molecule has 2 aliphatic carbocycles.